The summed E-state index contributed by atoms with van der Waals surface area (Å²) in [6, 6.07) is 10.4. The number of carboxylic acid groups (broad SMARTS) is 1. The molecule has 0 aliphatic heterocycles. The number of fused-ring (bicyclic) bond motifs is 1. The summed E-state index contributed by atoms with van der Waals surface area (Å²) in [7, 11) is 0. The molecule has 19 heavy (non-hydrogen) atoms. The Hall–Kier alpha value is -2.69. The minimum absolute atomic E-state index is 0.0540. The van der Waals surface area contributed by atoms with Crippen LogP contribution in [0, 0.1) is 5.82 Å². The average Bonchev–Trinajstić information content (AvgIpc) is 2.82. The van der Waals surface area contributed by atoms with E-state index in [4.69, 9.17) is 9.52 Å². The Morgan fingerprint density at radius 1 is 1.16 bits per heavy atom. The largest absolute Gasteiger partial charge is 0.478 e. The molecule has 0 spiro atoms. The van der Waals surface area contributed by atoms with Crippen molar-refractivity contribution in [1.29, 1.82) is 0 Å². The second-order valence-corrected chi connectivity index (χ2v) is 3.98. The SMILES string of the molecule is O=C(O)c1cccc2nc(-c3ccc(F)cc3)oc12. The fraction of sp³-hybridized carbons (Fsp3) is 0. The van der Waals surface area contributed by atoms with Crippen LogP contribution in [0.1, 0.15) is 10.4 Å². The van der Waals surface area contributed by atoms with E-state index in [-0.39, 0.29) is 22.9 Å². The number of hydrogen-bond acceptors (Lipinski definition) is 3. The highest BCUT2D eigenvalue weighted by Gasteiger charge is 2.15. The molecule has 0 atom stereocenters. The predicted molar refractivity (Wildman–Crippen MR) is 66.4 cm³/mol. The number of carbonyl (C=O) groups is 1. The van der Waals surface area contributed by atoms with Gasteiger partial charge in [-0.2, -0.15) is 0 Å². The van der Waals surface area contributed by atoms with Crippen LogP contribution in [0.15, 0.2) is 46.9 Å². The second-order valence-electron chi connectivity index (χ2n) is 3.98. The Balaban J connectivity index is 2.19. The first kappa shape index (κ1) is 11.4. The summed E-state index contributed by atoms with van der Waals surface area (Å²) in [5.41, 5.74) is 1.32. The third-order valence-electron chi connectivity index (χ3n) is 2.74. The van der Waals surface area contributed by atoms with E-state index in [9.17, 15) is 9.18 Å². The average molecular weight is 257 g/mol. The van der Waals surface area contributed by atoms with E-state index in [2.05, 4.69) is 4.98 Å². The molecule has 4 nitrogen and oxygen atoms in total. The van der Waals surface area contributed by atoms with Gasteiger partial charge in [-0.25, -0.2) is 14.2 Å². The molecular weight excluding hydrogens is 249 g/mol. The second kappa shape index (κ2) is 4.20. The minimum atomic E-state index is -1.08. The van der Waals surface area contributed by atoms with E-state index in [1.807, 2.05) is 0 Å². The Morgan fingerprint density at radius 3 is 2.58 bits per heavy atom. The van der Waals surface area contributed by atoms with Crippen molar-refractivity contribution in [3.05, 3.63) is 53.8 Å². The molecule has 94 valence electrons. The zero-order valence-corrected chi connectivity index (χ0v) is 9.63. The van der Waals surface area contributed by atoms with Crippen LogP contribution >= 0.6 is 0 Å². The molecule has 0 amide bonds. The summed E-state index contributed by atoms with van der Waals surface area (Å²) in [5.74, 6) is -1.16. The first-order valence-electron chi connectivity index (χ1n) is 5.54. The number of hydrogen-bond donors (Lipinski definition) is 1. The van der Waals surface area contributed by atoms with Crippen molar-refractivity contribution in [3.63, 3.8) is 0 Å². The van der Waals surface area contributed by atoms with Gasteiger partial charge >= 0.3 is 5.97 Å². The molecule has 0 fully saturated rings. The molecule has 0 aliphatic carbocycles. The van der Waals surface area contributed by atoms with Crippen molar-refractivity contribution in [3.8, 4) is 11.5 Å². The van der Waals surface area contributed by atoms with Crippen molar-refractivity contribution in [1.82, 2.24) is 4.98 Å². The number of benzene rings is 2. The van der Waals surface area contributed by atoms with Crippen LogP contribution in [-0.4, -0.2) is 16.1 Å². The van der Waals surface area contributed by atoms with Crippen LogP contribution in [-0.2, 0) is 0 Å². The predicted octanol–water partition coefficient (Wildman–Crippen LogP) is 3.33. The molecule has 1 heterocycles. The lowest BCUT2D eigenvalue weighted by Crippen LogP contribution is -1.95. The number of carboxylic acids is 1. The van der Waals surface area contributed by atoms with Gasteiger partial charge in [-0.15, -0.1) is 0 Å². The molecule has 0 aliphatic rings. The van der Waals surface area contributed by atoms with E-state index in [0.29, 0.717) is 11.1 Å². The van der Waals surface area contributed by atoms with Gasteiger partial charge in [0.15, 0.2) is 5.58 Å². The van der Waals surface area contributed by atoms with E-state index in [0.717, 1.165) is 0 Å². The van der Waals surface area contributed by atoms with Crippen molar-refractivity contribution in [2.75, 3.05) is 0 Å². The monoisotopic (exact) mass is 257 g/mol. The maximum Gasteiger partial charge on any atom is 0.339 e. The van der Waals surface area contributed by atoms with Gasteiger partial charge in [0.05, 0.1) is 0 Å². The number of aromatic carboxylic acids is 1. The van der Waals surface area contributed by atoms with Crippen LogP contribution in [0.25, 0.3) is 22.6 Å². The number of rotatable bonds is 2. The molecule has 0 unspecified atom stereocenters. The molecular formula is C14H8FNO3. The number of oxazole rings is 1. The lowest BCUT2D eigenvalue weighted by Gasteiger charge is -1.94. The topological polar surface area (TPSA) is 63.3 Å². The summed E-state index contributed by atoms with van der Waals surface area (Å²) in [6.07, 6.45) is 0. The van der Waals surface area contributed by atoms with Crippen molar-refractivity contribution < 1.29 is 18.7 Å². The van der Waals surface area contributed by atoms with Gasteiger partial charge in [-0.3, -0.25) is 0 Å². The Morgan fingerprint density at radius 2 is 1.89 bits per heavy atom. The summed E-state index contributed by atoms with van der Waals surface area (Å²) in [5, 5.41) is 9.06. The van der Waals surface area contributed by atoms with E-state index in [1.54, 1.807) is 12.1 Å². The van der Waals surface area contributed by atoms with Crippen molar-refractivity contribution in [2.24, 2.45) is 0 Å². The third kappa shape index (κ3) is 1.95. The molecule has 0 bridgehead atoms. The normalized spacial score (nSPS) is 10.8. The maximum atomic E-state index is 12.8. The first-order chi connectivity index (χ1) is 9.15. The fourth-order valence-electron chi connectivity index (χ4n) is 1.83. The Bertz CT molecular complexity index is 762. The highest BCUT2D eigenvalue weighted by molar-refractivity contribution is 6.00. The number of aromatic nitrogens is 1. The van der Waals surface area contributed by atoms with Crippen LogP contribution in [0.2, 0.25) is 0 Å². The molecule has 3 aromatic rings. The van der Waals surface area contributed by atoms with E-state index in [1.165, 1.54) is 30.3 Å². The molecule has 3 rings (SSSR count). The van der Waals surface area contributed by atoms with Gasteiger partial charge in [-0.1, -0.05) is 6.07 Å². The van der Waals surface area contributed by atoms with Crippen molar-refractivity contribution in [2.45, 2.75) is 0 Å². The maximum absolute atomic E-state index is 12.8. The van der Waals surface area contributed by atoms with E-state index >= 15 is 0 Å². The number of nitrogens with zero attached hydrogens (tertiary/aromatic N) is 1. The smallest absolute Gasteiger partial charge is 0.339 e. The lowest BCUT2D eigenvalue weighted by molar-refractivity contribution is 0.0698. The summed E-state index contributed by atoms with van der Waals surface area (Å²) in [6.45, 7) is 0. The molecule has 1 N–H and O–H groups in total. The number of halogens is 1. The van der Waals surface area contributed by atoms with Crippen LogP contribution in [0.4, 0.5) is 4.39 Å². The summed E-state index contributed by atoms with van der Waals surface area (Å²) in [4.78, 5) is 15.3. The fourth-order valence-corrected chi connectivity index (χ4v) is 1.83. The van der Waals surface area contributed by atoms with E-state index < -0.39 is 5.97 Å². The van der Waals surface area contributed by atoms with Crippen LogP contribution < -0.4 is 0 Å². The standard InChI is InChI=1S/C14H8FNO3/c15-9-6-4-8(5-7-9)13-16-11-3-1-2-10(14(17)18)12(11)19-13/h1-7H,(H,17,18). The summed E-state index contributed by atoms with van der Waals surface area (Å²) >= 11 is 0. The van der Waals surface area contributed by atoms with Crippen LogP contribution in [0.5, 0.6) is 0 Å². The van der Waals surface area contributed by atoms with Gasteiger partial charge in [-0.05, 0) is 36.4 Å². The third-order valence-corrected chi connectivity index (χ3v) is 2.74. The quantitative estimate of drug-likeness (QED) is 0.764. The first-order valence-corrected chi connectivity index (χ1v) is 5.54. The highest BCUT2D eigenvalue weighted by Crippen LogP contribution is 2.26. The molecule has 0 radical (unpaired) electrons. The van der Waals surface area contributed by atoms with Crippen LogP contribution in [0.3, 0.4) is 0 Å². The molecule has 0 saturated heterocycles. The highest BCUT2D eigenvalue weighted by atomic mass is 19.1. The Labute approximate surface area is 107 Å². The molecule has 5 heteroatoms. The number of para-hydroxylation sites is 1. The van der Waals surface area contributed by atoms with Gasteiger partial charge in [0.1, 0.15) is 16.9 Å². The Kier molecular flexibility index (Phi) is 2.52. The minimum Gasteiger partial charge on any atom is -0.478 e. The van der Waals surface area contributed by atoms with Gasteiger partial charge in [0, 0.05) is 5.56 Å². The molecule has 1 aromatic heterocycles. The van der Waals surface area contributed by atoms with Gasteiger partial charge in [0.2, 0.25) is 5.89 Å². The van der Waals surface area contributed by atoms with Gasteiger partial charge in [0.25, 0.3) is 0 Å². The molecule has 0 saturated carbocycles. The lowest BCUT2D eigenvalue weighted by atomic mass is 10.2. The zero-order valence-electron chi connectivity index (χ0n) is 9.63. The molecule has 2 aromatic carbocycles. The van der Waals surface area contributed by atoms with Gasteiger partial charge < -0.3 is 9.52 Å². The zero-order chi connectivity index (χ0) is 13.4. The van der Waals surface area contributed by atoms with Crippen molar-refractivity contribution >= 4 is 17.1 Å². The summed E-state index contributed by atoms with van der Waals surface area (Å²) < 4.78 is 18.3.